The quantitative estimate of drug-likeness (QED) is 0.853. The molecule has 4 aliphatic rings. The van der Waals surface area contributed by atoms with Crippen LogP contribution in [-0.4, -0.2) is 18.6 Å². The lowest BCUT2D eigenvalue weighted by atomic mass is 9.54. The maximum absolute atomic E-state index is 12.2. The highest BCUT2D eigenvalue weighted by molar-refractivity contribution is 7.16. The average molecular weight is 339 g/mol. The Morgan fingerprint density at radius 1 is 1.14 bits per heavy atom. The van der Waals surface area contributed by atoms with Crippen molar-refractivity contribution in [3.8, 4) is 0 Å². The number of urea groups is 1. The Kier molecular flexibility index (Phi) is 4.07. The van der Waals surface area contributed by atoms with Crippen LogP contribution in [0.3, 0.4) is 0 Å². The first kappa shape index (κ1) is 14.8. The summed E-state index contributed by atoms with van der Waals surface area (Å²) in [6.45, 7) is 0.677. The summed E-state index contributed by atoms with van der Waals surface area (Å²) in [5.74, 6) is 3.37. The van der Waals surface area contributed by atoms with E-state index < -0.39 is 0 Å². The second-order valence-corrected chi connectivity index (χ2v) is 9.11. The van der Waals surface area contributed by atoms with Gasteiger partial charge in [0.2, 0.25) is 0 Å². The van der Waals surface area contributed by atoms with E-state index in [-0.39, 0.29) is 6.03 Å². The van der Waals surface area contributed by atoms with Gasteiger partial charge in [-0.2, -0.15) is 0 Å². The van der Waals surface area contributed by atoms with Gasteiger partial charge < -0.3 is 10.6 Å². The number of carbonyl (C=O) groups is 1. The molecule has 0 radical (unpaired) electrons. The SMILES string of the molecule is O=C(NCCc1ccc(Cl)s1)NC1C2CC3CC(C2)CC1C3. The molecule has 5 rings (SSSR count). The van der Waals surface area contributed by atoms with Gasteiger partial charge in [0.15, 0.2) is 0 Å². The monoisotopic (exact) mass is 338 g/mol. The molecule has 0 aromatic carbocycles. The van der Waals surface area contributed by atoms with Crippen LogP contribution in [0.25, 0.3) is 0 Å². The summed E-state index contributed by atoms with van der Waals surface area (Å²) >= 11 is 7.51. The third-order valence-electron chi connectivity index (χ3n) is 5.81. The van der Waals surface area contributed by atoms with Crippen LogP contribution in [0, 0.1) is 23.7 Å². The van der Waals surface area contributed by atoms with Crippen molar-refractivity contribution in [3.05, 3.63) is 21.3 Å². The molecule has 4 aliphatic carbocycles. The minimum Gasteiger partial charge on any atom is -0.338 e. The van der Waals surface area contributed by atoms with E-state index in [9.17, 15) is 4.79 Å². The molecule has 4 fully saturated rings. The van der Waals surface area contributed by atoms with E-state index in [1.165, 1.54) is 37.0 Å². The molecule has 1 heterocycles. The summed E-state index contributed by atoms with van der Waals surface area (Å²) in [5.41, 5.74) is 0. The molecule has 5 heteroatoms. The van der Waals surface area contributed by atoms with Crippen molar-refractivity contribution >= 4 is 29.0 Å². The standard InChI is InChI=1S/C17H23ClN2OS/c18-15-2-1-14(22-15)3-4-19-17(21)20-16-12-6-10-5-11(8-12)9-13(16)7-10/h1-2,10-13,16H,3-9H2,(H2,19,20,21). The van der Waals surface area contributed by atoms with E-state index in [1.54, 1.807) is 11.3 Å². The fraction of sp³-hybridized carbons (Fsp3) is 0.706. The number of halogens is 1. The van der Waals surface area contributed by atoms with Crippen LogP contribution in [0.4, 0.5) is 4.79 Å². The lowest BCUT2D eigenvalue weighted by Gasteiger charge is -2.54. The van der Waals surface area contributed by atoms with Crippen molar-refractivity contribution in [3.63, 3.8) is 0 Å². The fourth-order valence-corrected chi connectivity index (χ4v) is 6.24. The summed E-state index contributed by atoms with van der Waals surface area (Å²) in [7, 11) is 0. The average Bonchev–Trinajstić information content (AvgIpc) is 2.88. The maximum atomic E-state index is 12.2. The van der Waals surface area contributed by atoms with Crippen LogP contribution in [0.5, 0.6) is 0 Å². The molecule has 120 valence electrons. The molecule has 0 spiro atoms. The summed E-state index contributed by atoms with van der Waals surface area (Å²) in [4.78, 5) is 13.4. The first-order chi connectivity index (χ1) is 10.7. The molecule has 0 saturated heterocycles. The Balaban J connectivity index is 1.26. The Labute approximate surface area is 140 Å². The number of hydrogen-bond donors (Lipinski definition) is 2. The van der Waals surface area contributed by atoms with Gasteiger partial charge in [0, 0.05) is 17.5 Å². The van der Waals surface area contributed by atoms with Crippen LogP contribution >= 0.6 is 22.9 Å². The summed E-state index contributed by atoms with van der Waals surface area (Å²) in [6, 6.07) is 4.38. The molecule has 0 atom stereocenters. The van der Waals surface area contributed by atoms with E-state index in [1.807, 2.05) is 12.1 Å². The molecule has 2 amide bonds. The van der Waals surface area contributed by atoms with E-state index in [2.05, 4.69) is 10.6 Å². The van der Waals surface area contributed by atoms with E-state index in [0.717, 1.165) is 34.4 Å². The predicted molar refractivity (Wildman–Crippen MR) is 90.4 cm³/mol. The van der Waals surface area contributed by atoms with Crippen molar-refractivity contribution in [1.29, 1.82) is 0 Å². The highest BCUT2D eigenvalue weighted by Crippen LogP contribution is 2.53. The van der Waals surface area contributed by atoms with E-state index >= 15 is 0 Å². The third-order valence-corrected chi connectivity index (χ3v) is 7.10. The molecule has 2 N–H and O–H groups in total. The van der Waals surface area contributed by atoms with Gasteiger partial charge in [0.05, 0.1) is 4.34 Å². The van der Waals surface area contributed by atoms with Crippen LogP contribution in [0.1, 0.15) is 37.0 Å². The normalized spacial score (nSPS) is 35.6. The van der Waals surface area contributed by atoms with Crippen molar-refractivity contribution in [1.82, 2.24) is 10.6 Å². The largest absolute Gasteiger partial charge is 0.338 e. The fourth-order valence-electron chi connectivity index (χ4n) is 5.15. The minimum atomic E-state index is 0.0140. The topological polar surface area (TPSA) is 41.1 Å². The Morgan fingerprint density at radius 2 is 1.82 bits per heavy atom. The van der Waals surface area contributed by atoms with Crippen LogP contribution in [0.2, 0.25) is 4.34 Å². The Hall–Kier alpha value is -0.740. The second-order valence-electron chi connectivity index (χ2n) is 7.31. The number of carbonyl (C=O) groups excluding carboxylic acids is 1. The number of amides is 2. The number of thiophene rings is 1. The Morgan fingerprint density at radius 3 is 2.41 bits per heavy atom. The molecule has 4 bridgehead atoms. The van der Waals surface area contributed by atoms with Gasteiger partial charge in [-0.3, -0.25) is 0 Å². The van der Waals surface area contributed by atoms with Gasteiger partial charge in [0.1, 0.15) is 0 Å². The summed E-state index contributed by atoms with van der Waals surface area (Å²) in [5, 5.41) is 6.29. The zero-order chi connectivity index (χ0) is 15.1. The first-order valence-electron chi connectivity index (χ1n) is 8.46. The Bertz CT molecular complexity index is 531. The molecule has 0 unspecified atom stereocenters. The van der Waals surface area contributed by atoms with Gasteiger partial charge in [0.25, 0.3) is 0 Å². The van der Waals surface area contributed by atoms with Crippen molar-refractivity contribution in [2.75, 3.05) is 6.54 Å². The van der Waals surface area contributed by atoms with Crippen molar-refractivity contribution in [2.45, 2.75) is 44.6 Å². The zero-order valence-electron chi connectivity index (χ0n) is 12.7. The van der Waals surface area contributed by atoms with Gasteiger partial charge in [-0.05, 0) is 74.3 Å². The summed E-state index contributed by atoms with van der Waals surface area (Å²) < 4.78 is 0.813. The van der Waals surface area contributed by atoms with E-state index in [0.29, 0.717) is 12.6 Å². The molecular formula is C17H23ClN2OS. The van der Waals surface area contributed by atoms with E-state index in [4.69, 9.17) is 11.6 Å². The smallest absolute Gasteiger partial charge is 0.315 e. The molecule has 0 aliphatic heterocycles. The van der Waals surface area contributed by atoms with Crippen molar-refractivity contribution < 1.29 is 4.79 Å². The third kappa shape index (κ3) is 3.00. The molecule has 1 aromatic rings. The van der Waals surface area contributed by atoms with Gasteiger partial charge >= 0.3 is 6.03 Å². The van der Waals surface area contributed by atoms with Crippen LogP contribution in [-0.2, 0) is 6.42 Å². The van der Waals surface area contributed by atoms with Crippen LogP contribution < -0.4 is 10.6 Å². The minimum absolute atomic E-state index is 0.0140. The molecule has 3 nitrogen and oxygen atoms in total. The number of nitrogens with one attached hydrogen (secondary N) is 2. The van der Waals surface area contributed by atoms with Gasteiger partial charge in [-0.1, -0.05) is 11.6 Å². The molecule has 22 heavy (non-hydrogen) atoms. The highest BCUT2D eigenvalue weighted by Gasteiger charge is 2.48. The zero-order valence-corrected chi connectivity index (χ0v) is 14.3. The maximum Gasteiger partial charge on any atom is 0.315 e. The lowest BCUT2D eigenvalue weighted by molar-refractivity contribution is -0.00940. The highest BCUT2D eigenvalue weighted by atomic mass is 35.5. The first-order valence-corrected chi connectivity index (χ1v) is 9.65. The lowest BCUT2D eigenvalue weighted by Crippen LogP contribution is -2.57. The molecular weight excluding hydrogens is 316 g/mol. The summed E-state index contributed by atoms with van der Waals surface area (Å²) in [6.07, 6.45) is 7.66. The number of hydrogen-bond acceptors (Lipinski definition) is 2. The predicted octanol–water partition coefficient (Wildman–Crippen LogP) is 4.07. The van der Waals surface area contributed by atoms with Crippen molar-refractivity contribution in [2.24, 2.45) is 23.7 Å². The number of rotatable bonds is 4. The van der Waals surface area contributed by atoms with Gasteiger partial charge in [-0.15, -0.1) is 11.3 Å². The van der Waals surface area contributed by atoms with Crippen LogP contribution in [0.15, 0.2) is 12.1 Å². The van der Waals surface area contributed by atoms with Gasteiger partial charge in [-0.25, -0.2) is 4.79 Å². The second kappa shape index (κ2) is 6.04. The molecule has 1 aromatic heterocycles. The molecule has 4 saturated carbocycles.